The number of hydrogen-bond donors (Lipinski definition) is 0. The normalized spacial score (nSPS) is 11.0. The van der Waals surface area contributed by atoms with Crippen LogP contribution in [0.15, 0.2) is 48.5 Å². The second kappa shape index (κ2) is 6.42. The highest BCUT2D eigenvalue weighted by Gasteiger charge is 2.05. The molecule has 104 valence electrons. The minimum Gasteiger partial charge on any atom is -0.370 e. The van der Waals surface area contributed by atoms with Gasteiger partial charge < -0.3 is 4.90 Å². The van der Waals surface area contributed by atoms with Gasteiger partial charge in [-0.2, -0.15) is 0 Å². The van der Waals surface area contributed by atoms with Crippen molar-refractivity contribution in [3.63, 3.8) is 0 Å². The van der Waals surface area contributed by atoms with Crippen molar-refractivity contribution >= 4 is 11.8 Å². The van der Waals surface area contributed by atoms with Gasteiger partial charge in [0.15, 0.2) is 0 Å². The van der Waals surface area contributed by atoms with Crippen molar-refractivity contribution in [2.75, 3.05) is 18.5 Å². The maximum absolute atomic E-state index is 2.30. The molecule has 0 fully saturated rings. The Balaban J connectivity index is 2.05. The summed E-state index contributed by atoms with van der Waals surface area (Å²) in [5, 5.41) is 0. The number of hydrogen-bond acceptors (Lipinski definition) is 1. The van der Waals surface area contributed by atoms with Crippen LogP contribution in [0, 0.1) is 20.8 Å². The highest BCUT2D eigenvalue weighted by Crippen LogP contribution is 2.23. The van der Waals surface area contributed by atoms with Crippen molar-refractivity contribution < 1.29 is 0 Å². The molecule has 0 aliphatic rings. The lowest BCUT2D eigenvalue weighted by Crippen LogP contribution is -2.18. The fraction of sp³-hybridized carbons (Fsp3) is 0.263. The molecule has 2 rings (SSSR count). The van der Waals surface area contributed by atoms with Crippen LogP contribution in [-0.4, -0.2) is 13.6 Å². The summed E-state index contributed by atoms with van der Waals surface area (Å²) in [7, 11) is 2.15. The van der Waals surface area contributed by atoms with Gasteiger partial charge in [-0.15, -0.1) is 0 Å². The third-order valence-corrected chi connectivity index (χ3v) is 3.59. The van der Waals surface area contributed by atoms with E-state index < -0.39 is 0 Å². The van der Waals surface area contributed by atoms with E-state index in [1.807, 2.05) is 0 Å². The van der Waals surface area contributed by atoms with Gasteiger partial charge in [-0.25, -0.2) is 0 Å². The topological polar surface area (TPSA) is 3.24 Å². The SMILES string of the molecule is Cc1ccc(/C=C/CN(C)c2c(C)cccc2C)cc1. The first-order valence-corrected chi connectivity index (χ1v) is 7.08. The Morgan fingerprint density at radius 2 is 1.50 bits per heavy atom. The van der Waals surface area contributed by atoms with Crippen molar-refractivity contribution in [1.29, 1.82) is 0 Å². The second-order valence-corrected chi connectivity index (χ2v) is 5.43. The molecule has 0 heterocycles. The molecule has 0 N–H and O–H groups in total. The number of rotatable bonds is 4. The summed E-state index contributed by atoms with van der Waals surface area (Å²) in [5.41, 5.74) is 6.55. The summed E-state index contributed by atoms with van der Waals surface area (Å²) >= 11 is 0. The zero-order chi connectivity index (χ0) is 14.5. The third kappa shape index (κ3) is 3.51. The first kappa shape index (κ1) is 14.4. The summed E-state index contributed by atoms with van der Waals surface area (Å²) < 4.78 is 0. The smallest absolute Gasteiger partial charge is 0.0425 e. The van der Waals surface area contributed by atoms with Crippen molar-refractivity contribution in [3.05, 3.63) is 70.8 Å². The van der Waals surface area contributed by atoms with E-state index in [0.717, 1.165) is 6.54 Å². The number of para-hydroxylation sites is 1. The van der Waals surface area contributed by atoms with E-state index in [1.165, 1.54) is 27.9 Å². The molecule has 0 atom stereocenters. The van der Waals surface area contributed by atoms with Gasteiger partial charge in [0.2, 0.25) is 0 Å². The highest BCUT2D eigenvalue weighted by atomic mass is 15.1. The molecule has 2 aromatic carbocycles. The zero-order valence-corrected chi connectivity index (χ0v) is 12.9. The van der Waals surface area contributed by atoms with Gasteiger partial charge >= 0.3 is 0 Å². The predicted octanol–water partition coefficient (Wildman–Crippen LogP) is 4.76. The summed E-state index contributed by atoms with van der Waals surface area (Å²) in [5.74, 6) is 0. The number of aryl methyl sites for hydroxylation is 3. The number of nitrogens with zero attached hydrogens (tertiary/aromatic N) is 1. The molecule has 0 aliphatic heterocycles. The fourth-order valence-corrected chi connectivity index (χ4v) is 2.52. The van der Waals surface area contributed by atoms with Gasteiger partial charge in [-0.3, -0.25) is 0 Å². The first-order chi connectivity index (χ1) is 9.58. The maximum Gasteiger partial charge on any atom is 0.0425 e. The largest absolute Gasteiger partial charge is 0.370 e. The minimum absolute atomic E-state index is 0.916. The van der Waals surface area contributed by atoms with Gasteiger partial charge in [0.25, 0.3) is 0 Å². The van der Waals surface area contributed by atoms with Crippen LogP contribution in [0.25, 0.3) is 6.08 Å². The molecular formula is C19H23N. The van der Waals surface area contributed by atoms with Crippen molar-refractivity contribution in [1.82, 2.24) is 0 Å². The Hall–Kier alpha value is -2.02. The fourth-order valence-electron chi connectivity index (χ4n) is 2.52. The quantitative estimate of drug-likeness (QED) is 0.770. The molecule has 0 radical (unpaired) electrons. The Morgan fingerprint density at radius 3 is 2.10 bits per heavy atom. The van der Waals surface area contributed by atoms with Crippen LogP contribution in [0.2, 0.25) is 0 Å². The minimum atomic E-state index is 0.916. The van der Waals surface area contributed by atoms with E-state index in [1.54, 1.807) is 0 Å². The summed E-state index contributed by atoms with van der Waals surface area (Å²) in [6.07, 6.45) is 4.40. The van der Waals surface area contributed by atoms with Crippen LogP contribution >= 0.6 is 0 Å². The van der Waals surface area contributed by atoms with Crippen molar-refractivity contribution in [2.45, 2.75) is 20.8 Å². The molecule has 1 heteroatoms. The molecule has 0 bridgehead atoms. The lowest BCUT2D eigenvalue weighted by molar-refractivity contribution is 1.01. The number of anilines is 1. The Morgan fingerprint density at radius 1 is 0.900 bits per heavy atom. The second-order valence-electron chi connectivity index (χ2n) is 5.43. The van der Waals surface area contributed by atoms with Crippen LogP contribution in [0.4, 0.5) is 5.69 Å². The van der Waals surface area contributed by atoms with Crippen LogP contribution in [-0.2, 0) is 0 Å². The summed E-state index contributed by atoms with van der Waals surface area (Å²) in [6.45, 7) is 7.37. The molecule has 0 spiro atoms. The maximum atomic E-state index is 2.30. The molecule has 0 amide bonds. The van der Waals surface area contributed by atoms with Crippen LogP contribution in [0.1, 0.15) is 22.3 Å². The van der Waals surface area contributed by atoms with E-state index in [-0.39, 0.29) is 0 Å². The molecule has 0 unspecified atom stereocenters. The average molecular weight is 265 g/mol. The first-order valence-electron chi connectivity index (χ1n) is 7.08. The number of likely N-dealkylation sites (N-methyl/N-ethyl adjacent to an activating group) is 1. The van der Waals surface area contributed by atoms with Crippen molar-refractivity contribution in [2.24, 2.45) is 0 Å². The van der Waals surface area contributed by atoms with Crippen LogP contribution < -0.4 is 4.90 Å². The third-order valence-electron chi connectivity index (χ3n) is 3.59. The van der Waals surface area contributed by atoms with Gasteiger partial charge in [0.05, 0.1) is 0 Å². The average Bonchev–Trinajstić information content (AvgIpc) is 2.41. The number of benzene rings is 2. The molecule has 0 aliphatic carbocycles. The zero-order valence-electron chi connectivity index (χ0n) is 12.9. The Bertz CT molecular complexity index is 573. The van der Waals surface area contributed by atoms with E-state index in [9.17, 15) is 0 Å². The van der Waals surface area contributed by atoms with E-state index in [4.69, 9.17) is 0 Å². The molecule has 0 saturated carbocycles. The van der Waals surface area contributed by atoms with Gasteiger partial charge in [0, 0.05) is 19.3 Å². The molecular weight excluding hydrogens is 242 g/mol. The van der Waals surface area contributed by atoms with E-state index in [2.05, 4.69) is 87.3 Å². The predicted molar refractivity (Wildman–Crippen MR) is 89.4 cm³/mol. The molecule has 20 heavy (non-hydrogen) atoms. The highest BCUT2D eigenvalue weighted by molar-refractivity contribution is 5.59. The lowest BCUT2D eigenvalue weighted by atomic mass is 10.1. The van der Waals surface area contributed by atoms with Gasteiger partial charge in [0.1, 0.15) is 0 Å². The Kier molecular flexibility index (Phi) is 4.62. The summed E-state index contributed by atoms with van der Waals surface area (Å²) in [4.78, 5) is 2.30. The summed E-state index contributed by atoms with van der Waals surface area (Å²) in [6, 6.07) is 15.1. The Labute approximate surface area is 122 Å². The molecule has 0 saturated heterocycles. The van der Waals surface area contributed by atoms with E-state index >= 15 is 0 Å². The van der Waals surface area contributed by atoms with Crippen molar-refractivity contribution in [3.8, 4) is 0 Å². The molecule has 1 nitrogen and oxygen atoms in total. The standard InChI is InChI=1S/C19H23N/c1-15-10-12-18(13-11-15)9-6-14-20(4)19-16(2)7-5-8-17(19)3/h5-13H,14H2,1-4H3/b9-6+. The van der Waals surface area contributed by atoms with Gasteiger partial charge in [-0.05, 0) is 37.5 Å². The molecule has 2 aromatic rings. The van der Waals surface area contributed by atoms with E-state index in [0.29, 0.717) is 0 Å². The molecule has 0 aromatic heterocycles. The van der Waals surface area contributed by atoms with Gasteiger partial charge in [-0.1, -0.05) is 60.2 Å². The van der Waals surface area contributed by atoms with Crippen LogP contribution in [0.5, 0.6) is 0 Å². The monoisotopic (exact) mass is 265 g/mol. The van der Waals surface area contributed by atoms with Crippen LogP contribution in [0.3, 0.4) is 0 Å². The lowest BCUT2D eigenvalue weighted by Gasteiger charge is -2.22.